The molecule has 0 aromatic heterocycles. The molecular formula is C26H26ClIN2O3. The van der Waals surface area contributed by atoms with Gasteiger partial charge in [-0.1, -0.05) is 54.1 Å². The minimum absolute atomic E-state index is 0.175. The maximum Gasteiger partial charge on any atom is 0.261 e. The highest BCUT2D eigenvalue weighted by Crippen LogP contribution is 2.19. The second-order valence-electron chi connectivity index (χ2n) is 7.49. The van der Waals surface area contributed by atoms with Crippen LogP contribution in [0.25, 0.3) is 0 Å². The molecule has 0 radical (unpaired) electrons. The van der Waals surface area contributed by atoms with Crippen LogP contribution in [0.4, 0.5) is 0 Å². The van der Waals surface area contributed by atoms with Gasteiger partial charge in [-0.3, -0.25) is 9.59 Å². The van der Waals surface area contributed by atoms with Crippen molar-refractivity contribution in [1.82, 2.24) is 10.2 Å². The summed E-state index contributed by atoms with van der Waals surface area (Å²) in [6, 6.07) is 23.8. The summed E-state index contributed by atoms with van der Waals surface area (Å²) in [5, 5.41) is 3.45. The number of nitrogens with one attached hydrogen (secondary N) is 1. The van der Waals surface area contributed by atoms with Crippen molar-refractivity contribution in [2.75, 3.05) is 13.2 Å². The van der Waals surface area contributed by atoms with Gasteiger partial charge >= 0.3 is 0 Å². The van der Waals surface area contributed by atoms with Gasteiger partial charge in [-0.15, -0.1) is 0 Å². The molecule has 0 aliphatic rings. The van der Waals surface area contributed by atoms with Gasteiger partial charge in [-0.2, -0.15) is 0 Å². The highest BCUT2D eigenvalue weighted by molar-refractivity contribution is 14.1. The van der Waals surface area contributed by atoms with Gasteiger partial charge in [0.2, 0.25) is 5.91 Å². The Labute approximate surface area is 213 Å². The fraction of sp³-hybridized carbons (Fsp3) is 0.231. The standard InChI is InChI=1S/C26H26ClIN2O3/c1-2-29-26(32)24(16-19-7-4-3-5-8-19)30(17-20-9-6-10-21(27)15-20)25(31)18-33-23-13-11-22(28)12-14-23/h3-15,24H,2,16-18H2,1H3,(H,29,32). The van der Waals surface area contributed by atoms with Gasteiger partial charge in [-0.05, 0) is 77.0 Å². The Hall–Kier alpha value is -2.58. The predicted molar refractivity (Wildman–Crippen MR) is 139 cm³/mol. The summed E-state index contributed by atoms with van der Waals surface area (Å²) in [4.78, 5) is 28.1. The van der Waals surface area contributed by atoms with Crippen molar-refractivity contribution in [2.45, 2.75) is 25.9 Å². The van der Waals surface area contributed by atoms with Crippen LogP contribution < -0.4 is 10.1 Å². The lowest BCUT2D eigenvalue weighted by Crippen LogP contribution is -2.51. The highest BCUT2D eigenvalue weighted by atomic mass is 127. The molecule has 5 nitrogen and oxygen atoms in total. The maximum absolute atomic E-state index is 13.4. The lowest BCUT2D eigenvalue weighted by atomic mass is 10.0. The fourth-order valence-electron chi connectivity index (χ4n) is 3.44. The van der Waals surface area contributed by atoms with E-state index >= 15 is 0 Å². The first kappa shape index (κ1) is 25.1. The largest absolute Gasteiger partial charge is 0.484 e. The zero-order valence-corrected chi connectivity index (χ0v) is 21.3. The molecule has 1 N–H and O–H groups in total. The molecule has 1 unspecified atom stereocenters. The van der Waals surface area contributed by atoms with Gasteiger partial charge in [-0.25, -0.2) is 0 Å². The predicted octanol–water partition coefficient (Wildman–Crippen LogP) is 5.10. The Morgan fingerprint density at radius 2 is 1.70 bits per heavy atom. The molecule has 3 aromatic carbocycles. The second kappa shape index (κ2) is 12.6. The van der Waals surface area contributed by atoms with Crippen LogP contribution in [0, 0.1) is 3.57 Å². The van der Waals surface area contributed by atoms with Gasteiger partial charge in [0.1, 0.15) is 11.8 Å². The first-order valence-electron chi connectivity index (χ1n) is 10.7. The van der Waals surface area contributed by atoms with E-state index in [0.29, 0.717) is 23.7 Å². The van der Waals surface area contributed by atoms with Gasteiger partial charge in [0, 0.05) is 28.1 Å². The van der Waals surface area contributed by atoms with Crippen molar-refractivity contribution < 1.29 is 14.3 Å². The van der Waals surface area contributed by atoms with Crippen molar-refractivity contribution in [3.8, 4) is 5.75 Å². The highest BCUT2D eigenvalue weighted by Gasteiger charge is 2.30. The molecule has 0 aliphatic heterocycles. The van der Waals surface area contributed by atoms with Crippen molar-refractivity contribution >= 4 is 46.0 Å². The van der Waals surface area contributed by atoms with E-state index in [1.807, 2.05) is 73.7 Å². The van der Waals surface area contributed by atoms with Gasteiger partial charge < -0.3 is 15.0 Å². The number of hydrogen-bond acceptors (Lipinski definition) is 3. The normalized spacial score (nSPS) is 11.5. The molecule has 172 valence electrons. The minimum Gasteiger partial charge on any atom is -0.484 e. The molecule has 2 amide bonds. The summed E-state index contributed by atoms with van der Waals surface area (Å²) in [5.41, 5.74) is 1.81. The first-order valence-corrected chi connectivity index (χ1v) is 12.2. The summed E-state index contributed by atoms with van der Waals surface area (Å²) in [6.45, 7) is 2.40. The molecule has 0 aliphatic carbocycles. The van der Waals surface area contributed by atoms with Crippen LogP contribution >= 0.6 is 34.2 Å². The number of carbonyl (C=O) groups excluding carboxylic acids is 2. The van der Waals surface area contributed by atoms with Gasteiger partial charge in [0.15, 0.2) is 6.61 Å². The number of carbonyl (C=O) groups is 2. The molecule has 3 rings (SSSR count). The molecule has 0 spiro atoms. The Bertz CT molecular complexity index is 1060. The monoisotopic (exact) mass is 576 g/mol. The summed E-state index contributed by atoms with van der Waals surface area (Å²) >= 11 is 8.39. The Kier molecular flexibility index (Phi) is 9.57. The third-order valence-corrected chi connectivity index (χ3v) is 5.99. The van der Waals surface area contributed by atoms with Crippen molar-refractivity contribution in [2.24, 2.45) is 0 Å². The summed E-state index contributed by atoms with van der Waals surface area (Å²) < 4.78 is 6.83. The van der Waals surface area contributed by atoms with E-state index in [9.17, 15) is 9.59 Å². The quantitative estimate of drug-likeness (QED) is 0.342. The summed E-state index contributed by atoms with van der Waals surface area (Å²) in [7, 11) is 0. The first-order chi connectivity index (χ1) is 16.0. The SMILES string of the molecule is CCNC(=O)C(Cc1ccccc1)N(Cc1cccc(Cl)c1)C(=O)COc1ccc(I)cc1. The van der Waals surface area contributed by atoms with Crippen LogP contribution in [-0.2, 0) is 22.6 Å². The molecule has 0 fully saturated rings. The van der Waals surface area contributed by atoms with Crippen LogP contribution in [0.15, 0.2) is 78.9 Å². The van der Waals surface area contributed by atoms with Crippen LogP contribution in [-0.4, -0.2) is 35.9 Å². The minimum atomic E-state index is -0.695. The van der Waals surface area contributed by atoms with E-state index in [1.54, 1.807) is 17.0 Å². The van der Waals surface area contributed by atoms with Crippen LogP contribution in [0.2, 0.25) is 5.02 Å². The third kappa shape index (κ3) is 7.75. The number of likely N-dealkylation sites (N-methyl/N-ethyl adjacent to an activating group) is 1. The number of hydrogen-bond donors (Lipinski definition) is 1. The molecule has 0 saturated heterocycles. The molecule has 7 heteroatoms. The number of rotatable bonds is 10. The topological polar surface area (TPSA) is 58.6 Å². The Balaban J connectivity index is 1.88. The van der Waals surface area contributed by atoms with E-state index in [2.05, 4.69) is 27.9 Å². The van der Waals surface area contributed by atoms with E-state index in [4.69, 9.17) is 16.3 Å². The molecule has 33 heavy (non-hydrogen) atoms. The zero-order valence-electron chi connectivity index (χ0n) is 18.3. The number of benzene rings is 3. The molecule has 0 saturated carbocycles. The second-order valence-corrected chi connectivity index (χ2v) is 9.18. The number of halogens is 2. The average molecular weight is 577 g/mol. The number of nitrogens with zero attached hydrogens (tertiary/aromatic N) is 1. The summed E-state index contributed by atoms with van der Waals surface area (Å²) in [6.07, 6.45) is 0.391. The van der Waals surface area contributed by atoms with Gasteiger partial charge in [0.05, 0.1) is 0 Å². The molecule has 3 aromatic rings. The maximum atomic E-state index is 13.4. The smallest absolute Gasteiger partial charge is 0.261 e. The Morgan fingerprint density at radius 1 is 1.00 bits per heavy atom. The zero-order chi connectivity index (χ0) is 23.6. The van der Waals surface area contributed by atoms with Gasteiger partial charge in [0.25, 0.3) is 5.91 Å². The molecule has 0 bridgehead atoms. The lowest BCUT2D eigenvalue weighted by molar-refractivity contribution is -0.142. The van der Waals surface area contributed by atoms with Crippen molar-refractivity contribution in [3.63, 3.8) is 0 Å². The van der Waals surface area contributed by atoms with Crippen LogP contribution in [0.5, 0.6) is 5.75 Å². The van der Waals surface area contributed by atoms with E-state index in [1.165, 1.54) is 0 Å². The Morgan fingerprint density at radius 3 is 2.36 bits per heavy atom. The van der Waals surface area contributed by atoms with Crippen LogP contribution in [0.3, 0.4) is 0 Å². The lowest BCUT2D eigenvalue weighted by Gasteiger charge is -2.31. The molecule has 1 atom stereocenters. The van der Waals surface area contributed by atoms with Crippen LogP contribution in [0.1, 0.15) is 18.1 Å². The average Bonchev–Trinajstić information content (AvgIpc) is 2.81. The van der Waals surface area contributed by atoms with E-state index < -0.39 is 6.04 Å². The van der Waals surface area contributed by atoms with Crippen molar-refractivity contribution in [3.05, 3.63) is 98.6 Å². The fourth-order valence-corrected chi connectivity index (χ4v) is 4.01. The van der Waals surface area contributed by atoms with E-state index in [-0.39, 0.29) is 25.0 Å². The number of ether oxygens (including phenoxy) is 1. The third-order valence-electron chi connectivity index (χ3n) is 5.04. The summed E-state index contributed by atoms with van der Waals surface area (Å²) in [5.74, 6) is 0.121. The van der Waals surface area contributed by atoms with E-state index in [0.717, 1.165) is 14.7 Å². The molecule has 0 heterocycles. The van der Waals surface area contributed by atoms with Crippen molar-refractivity contribution in [1.29, 1.82) is 0 Å². The molecular weight excluding hydrogens is 551 g/mol. The number of amides is 2.